The number of aryl methyl sites for hydroxylation is 1. The van der Waals surface area contributed by atoms with Gasteiger partial charge in [-0.2, -0.15) is 5.10 Å². The van der Waals surface area contributed by atoms with E-state index < -0.39 is 0 Å². The molecule has 1 rings (SSSR count). The fourth-order valence-electron chi connectivity index (χ4n) is 1.07. The molecule has 13 heavy (non-hydrogen) atoms. The van der Waals surface area contributed by atoms with Crippen molar-refractivity contribution in [2.24, 2.45) is 0 Å². The molecule has 3 nitrogen and oxygen atoms in total. The number of hydrogen-bond acceptors (Lipinski definition) is 2. The molecule has 1 heterocycles. The third-order valence-corrected chi connectivity index (χ3v) is 1.73. The second kappa shape index (κ2) is 5.39. The lowest BCUT2D eigenvalue weighted by Gasteiger charge is -2.02. The first-order valence-corrected chi connectivity index (χ1v) is 4.46. The SMILES string of the molecule is C#CCCNCCn1cc(C)cn1. The van der Waals surface area contributed by atoms with Crippen molar-refractivity contribution >= 4 is 0 Å². The van der Waals surface area contributed by atoms with Gasteiger partial charge < -0.3 is 5.32 Å². The molecule has 0 bridgehead atoms. The molecular weight excluding hydrogens is 162 g/mol. The Kier molecular flexibility index (Phi) is 4.07. The Morgan fingerprint density at radius 2 is 2.46 bits per heavy atom. The molecule has 1 aromatic heterocycles. The quantitative estimate of drug-likeness (QED) is 0.532. The first-order valence-electron chi connectivity index (χ1n) is 4.46. The highest BCUT2D eigenvalue weighted by Gasteiger charge is 1.92. The maximum absolute atomic E-state index is 5.12. The van der Waals surface area contributed by atoms with Crippen LogP contribution in [0.2, 0.25) is 0 Å². The largest absolute Gasteiger partial charge is 0.314 e. The van der Waals surface area contributed by atoms with E-state index in [4.69, 9.17) is 6.42 Å². The van der Waals surface area contributed by atoms with Gasteiger partial charge in [-0.25, -0.2) is 0 Å². The number of hydrogen-bond donors (Lipinski definition) is 1. The fourth-order valence-corrected chi connectivity index (χ4v) is 1.07. The van der Waals surface area contributed by atoms with E-state index in [0.29, 0.717) is 0 Å². The minimum absolute atomic E-state index is 0.790. The first kappa shape index (κ1) is 9.82. The highest BCUT2D eigenvalue weighted by Crippen LogP contribution is 1.92. The van der Waals surface area contributed by atoms with E-state index in [9.17, 15) is 0 Å². The van der Waals surface area contributed by atoms with Gasteiger partial charge in [-0.1, -0.05) is 0 Å². The average Bonchev–Trinajstić information content (AvgIpc) is 2.51. The van der Waals surface area contributed by atoms with E-state index in [1.165, 1.54) is 5.56 Å². The number of nitrogens with zero attached hydrogens (tertiary/aromatic N) is 2. The van der Waals surface area contributed by atoms with E-state index >= 15 is 0 Å². The van der Waals surface area contributed by atoms with Gasteiger partial charge in [-0.05, 0) is 12.5 Å². The van der Waals surface area contributed by atoms with Crippen LogP contribution in [-0.4, -0.2) is 22.9 Å². The summed E-state index contributed by atoms with van der Waals surface area (Å²) in [4.78, 5) is 0. The van der Waals surface area contributed by atoms with Crippen LogP contribution in [0.25, 0.3) is 0 Å². The Hall–Kier alpha value is -1.27. The monoisotopic (exact) mass is 177 g/mol. The molecule has 0 aliphatic heterocycles. The van der Waals surface area contributed by atoms with E-state index in [-0.39, 0.29) is 0 Å². The molecule has 0 atom stereocenters. The lowest BCUT2D eigenvalue weighted by Crippen LogP contribution is -2.20. The van der Waals surface area contributed by atoms with E-state index in [2.05, 4.69) is 16.3 Å². The predicted octanol–water partition coefficient (Wildman–Crippen LogP) is 0.804. The van der Waals surface area contributed by atoms with Gasteiger partial charge in [-0.3, -0.25) is 4.68 Å². The van der Waals surface area contributed by atoms with Crippen LogP contribution in [0.1, 0.15) is 12.0 Å². The van der Waals surface area contributed by atoms with Crippen LogP contribution in [0.5, 0.6) is 0 Å². The summed E-state index contributed by atoms with van der Waals surface area (Å²) in [6.07, 6.45) is 9.80. The summed E-state index contributed by atoms with van der Waals surface area (Å²) < 4.78 is 1.93. The normalized spacial score (nSPS) is 9.85. The molecule has 70 valence electrons. The van der Waals surface area contributed by atoms with Gasteiger partial charge in [0.2, 0.25) is 0 Å². The van der Waals surface area contributed by atoms with Gasteiger partial charge in [0.15, 0.2) is 0 Å². The number of nitrogens with one attached hydrogen (secondary N) is 1. The Morgan fingerprint density at radius 3 is 3.08 bits per heavy atom. The van der Waals surface area contributed by atoms with Crippen molar-refractivity contribution in [2.75, 3.05) is 13.1 Å². The molecule has 0 saturated heterocycles. The van der Waals surface area contributed by atoms with Gasteiger partial charge in [0.1, 0.15) is 0 Å². The van der Waals surface area contributed by atoms with Gasteiger partial charge in [0.05, 0.1) is 12.7 Å². The van der Waals surface area contributed by atoms with Crippen LogP contribution in [0.3, 0.4) is 0 Å². The number of rotatable bonds is 5. The van der Waals surface area contributed by atoms with Crippen molar-refractivity contribution in [3.63, 3.8) is 0 Å². The first-order chi connectivity index (χ1) is 6.33. The molecule has 0 aliphatic rings. The van der Waals surface area contributed by atoms with Crippen molar-refractivity contribution < 1.29 is 0 Å². The van der Waals surface area contributed by atoms with Crippen LogP contribution in [0, 0.1) is 19.3 Å². The minimum atomic E-state index is 0.790. The molecule has 1 N–H and O–H groups in total. The van der Waals surface area contributed by atoms with Crippen LogP contribution >= 0.6 is 0 Å². The van der Waals surface area contributed by atoms with Crippen LogP contribution in [0.4, 0.5) is 0 Å². The summed E-state index contributed by atoms with van der Waals surface area (Å²) in [6.45, 7) is 4.74. The van der Waals surface area contributed by atoms with Gasteiger partial charge >= 0.3 is 0 Å². The van der Waals surface area contributed by atoms with Crippen molar-refractivity contribution in [2.45, 2.75) is 19.9 Å². The highest BCUT2D eigenvalue weighted by molar-refractivity contribution is 4.99. The molecule has 0 saturated carbocycles. The maximum atomic E-state index is 5.12. The summed E-state index contributed by atoms with van der Waals surface area (Å²) in [6, 6.07) is 0. The topological polar surface area (TPSA) is 29.9 Å². The average molecular weight is 177 g/mol. The van der Waals surface area contributed by atoms with Gasteiger partial charge in [0, 0.05) is 25.7 Å². The van der Waals surface area contributed by atoms with Crippen molar-refractivity contribution in [1.82, 2.24) is 15.1 Å². The Balaban J connectivity index is 2.10. The number of aromatic nitrogens is 2. The summed E-state index contributed by atoms with van der Waals surface area (Å²) in [5, 5.41) is 7.41. The lowest BCUT2D eigenvalue weighted by molar-refractivity contribution is 0.559. The predicted molar refractivity (Wildman–Crippen MR) is 53.3 cm³/mol. The zero-order valence-electron chi connectivity index (χ0n) is 7.95. The molecule has 0 aliphatic carbocycles. The van der Waals surface area contributed by atoms with Gasteiger partial charge in [0.25, 0.3) is 0 Å². The zero-order chi connectivity index (χ0) is 9.52. The van der Waals surface area contributed by atoms with Crippen molar-refractivity contribution in [3.05, 3.63) is 18.0 Å². The van der Waals surface area contributed by atoms with Crippen molar-refractivity contribution in [1.29, 1.82) is 0 Å². The molecule has 0 amide bonds. The lowest BCUT2D eigenvalue weighted by atomic mass is 10.4. The van der Waals surface area contributed by atoms with E-state index in [1.54, 1.807) is 0 Å². The van der Waals surface area contributed by atoms with Crippen LogP contribution in [-0.2, 0) is 6.54 Å². The fraction of sp³-hybridized carbons (Fsp3) is 0.500. The Labute approximate surface area is 79.1 Å². The molecule has 0 radical (unpaired) electrons. The molecule has 0 fully saturated rings. The standard InChI is InChI=1S/C10H15N3/c1-3-4-5-11-6-7-13-9-10(2)8-12-13/h1,8-9,11H,4-7H2,2H3. The molecule has 0 spiro atoms. The van der Waals surface area contributed by atoms with E-state index in [1.807, 2.05) is 24.0 Å². The van der Waals surface area contributed by atoms with E-state index in [0.717, 1.165) is 26.1 Å². The molecule has 0 unspecified atom stereocenters. The van der Waals surface area contributed by atoms with Crippen LogP contribution < -0.4 is 5.32 Å². The van der Waals surface area contributed by atoms with Gasteiger partial charge in [-0.15, -0.1) is 12.3 Å². The summed E-state index contributed by atoms with van der Waals surface area (Å²) in [5.41, 5.74) is 1.20. The minimum Gasteiger partial charge on any atom is -0.314 e. The molecular formula is C10H15N3. The third-order valence-electron chi connectivity index (χ3n) is 1.73. The number of terminal acetylenes is 1. The maximum Gasteiger partial charge on any atom is 0.0534 e. The summed E-state index contributed by atoms with van der Waals surface area (Å²) >= 11 is 0. The smallest absolute Gasteiger partial charge is 0.0534 e. The molecule has 3 heteroatoms. The summed E-state index contributed by atoms with van der Waals surface area (Å²) in [5.74, 6) is 2.59. The molecule has 1 aromatic rings. The van der Waals surface area contributed by atoms with Crippen LogP contribution in [0.15, 0.2) is 12.4 Å². The van der Waals surface area contributed by atoms with Crippen molar-refractivity contribution in [3.8, 4) is 12.3 Å². The second-order valence-electron chi connectivity index (χ2n) is 2.98. The molecule has 0 aromatic carbocycles. The zero-order valence-corrected chi connectivity index (χ0v) is 7.95. The second-order valence-corrected chi connectivity index (χ2v) is 2.98. The summed E-state index contributed by atoms with van der Waals surface area (Å²) in [7, 11) is 0. The Morgan fingerprint density at radius 1 is 1.62 bits per heavy atom. The highest BCUT2D eigenvalue weighted by atomic mass is 15.3. The Bertz CT molecular complexity index is 283. The third kappa shape index (κ3) is 3.77.